The van der Waals surface area contributed by atoms with E-state index in [4.69, 9.17) is 4.74 Å². The summed E-state index contributed by atoms with van der Waals surface area (Å²) in [6.07, 6.45) is -2.97. The zero-order valence-electron chi connectivity index (χ0n) is 10.9. The summed E-state index contributed by atoms with van der Waals surface area (Å²) < 4.78 is 45.0. The van der Waals surface area contributed by atoms with E-state index in [9.17, 15) is 18.0 Å². The van der Waals surface area contributed by atoms with Gasteiger partial charge in [-0.15, -0.1) is 13.2 Å². The van der Waals surface area contributed by atoms with Gasteiger partial charge in [0.2, 0.25) is 0 Å². The first-order valence-corrected chi connectivity index (χ1v) is 6.29. The summed E-state index contributed by atoms with van der Waals surface area (Å²) in [6.45, 7) is 0. The molecule has 1 saturated carbocycles. The quantitative estimate of drug-likeness (QED) is 0.806. The Hall–Kier alpha value is -1.56. The Balaban J connectivity index is 1.94. The lowest BCUT2D eigenvalue weighted by atomic mass is 10.0. The summed E-state index contributed by atoms with van der Waals surface area (Å²) in [6, 6.07) is 5.32. The molecule has 0 heterocycles. The van der Waals surface area contributed by atoms with Gasteiger partial charge in [-0.2, -0.15) is 0 Å². The molecule has 0 spiro atoms. The monoisotopic (exact) mass is 288 g/mol. The van der Waals surface area contributed by atoms with Crippen LogP contribution in [0.5, 0.6) is 5.75 Å². The second-order valence-corrected chi connectivity index (χ2v) is 4.83. The second-order valence-electron chi connectivity index (χ2n) is 4.83. The number of alkyl halides is 3. The topological polar surface area (TPSA) is 35.5 Å². The van der Waals surface area contributed by atoms with Crippen LogP contribution in [0.1, 0.15) is 18.4 Å². The molecule has 0 aromatic heterocycles. The van der Waals surface area contributed by atoms with Crippen molar-refractivity contribution in [2.75, 3.05) is 7.11 Å². The number of methoxy groups -OCH3 is 1. The van der Waals surface area contributed by atoms with Crippen LogP contribution in [0.25, 0.3) is 0 Å². The van der Waals surface area contributed by atoms with Crippen LogP contribution in [0.15, 0.2) is 24.3 Å². The highest BCUT2D eigenvalue weighted by Crippen LogP contribution is 2.35. The van der Waals surface area contributed by atoms with Crippen molar-refractivity contribution in [1.82, 2.24) is 0 Å². The van der Waals surface area contributed by atoms with Crippen molar-refractivity contribution in [2.24, 2.45) is 5.92 Å². The van der Waals surface area contributed by atoms with Gasteiger partial charge in [0.1, 0.15) is 11.9 Å². The average molecular weight is 288 g/mol. The van der Waals surface area contributed by atoms with E-state index in [1.54, 1.807) is 0 Å². The van der Waals surface area contributed by atoms with Gasteiger partial charge < -0.3 is 9.47 Å². The van der Waals surface area contributed by atoms with Crippen LogP contribution >= 0.6 is 0 Å². The Labute approximate surface area is 114 Å². The summed E-state index contributed by atoms with van der Waals surface area (Å²) in [7, 11) is 1.50. The smallest absolute Gasteiger partial charge is 0.406 e. The molecular weight excluding hydrogens is 273 g/mol. The van der Waals surface area contributed by atoms with Crippen LogP contribution in [0.3, 0.4) is 0 Å². The maximum Gasteiger partial charge on any atom is 0.573 e. The van der Waals surface area contributed by atoms with E-state index in [-0.39, 0.29) is 18.0 Å². The summed E-state index contributed by atoms with van der Waals surface area (Å²) >= 11 is 0. The minimum atomic E-state index is -4.70. The van der Waals surface area contributed by atoms with Gasteiger partial charge in [-0.3, -0.25) is 4.79 Å². The minimum Gasteiger partial charge on any atom is -0.406 e. The predicted molar refractivity (Wildman–Crippen MR) is 65.4 cm³/mol. The summed E-state index contributed by atoms with van der Waals surface area (Å²) in [5.74, 6) is -0.0426. The standard InChI is InChI=1S/C14H15F3O3/c1-19-13(10-4-5-10)12(18)8-9-2-6-11(7-3-9)20-14(15,16)17/h2-3,6-7,10,13H,4-5,8H2,1H3. The van der Waals surface area contributed by atoms with Gasteiger partial charge in [0.25, 0.3) is 0 Å². The van der Waals surface area contributed by atoms with Crippen LogP contribution < -0.4 is 4.74 Å². The number of rotatable bonds is 6. The molecule has 0 radical (unpaired) electrons. The molecule has 110 valence electrons. The number of carbonyl (C=O) groups is 1. The zero-order valence-corrected chi connectivity index (χ0v) is 10.9. The predicted octanol–water partition coefficient (Wildman–Crippen LogP) is 3.12. The van der Waals surface area contributed by atoms with Gasteiger partial charge in [-0.1, -0.05) is 12.1 Å². The fourth-order valence-electron chi connectivity index (χ4n) is 2.10. The molecule has 1 aliphatic rings. The molecule has 0 bridgehead atoms. The Morgan fingerprint density at radius 3 is 2.35 bits per heavy atom. The van der Waals surface area contributed by atoms with Gasteiger partial charge in [0.15, 0.2) is 5.78 Å². The lowest BCUT2D eigenvalue weighted by molar-refractivity contribution is -0.274. The molecular formula is C14H15F3O3. The highest BCUT2D eigenvalue weighted by molar-refractivity contribution is 5.85. The van der Waals surface area contributed by atoms with Crippen molar-refractivity contribution in [3.8, 4) is 5.75 Å². The van der Waals surface area contributed by atoms with Crippen molar-refractivity contribution in [3.05, 3.63) is 29.8 Å². The third kappa shape index (κ3) is 4.23. The van der Waals surface area contributed by atoms with Crippen molar-refractivity contribution in [3.63, 3.8) is 0 Å². The normalized spacial score (nSPS) is 16.8. The van der Waals surface area contributed by atoms with Gasteiger partial charge in [0.05, 0.1) is 0 Å². The van der Waals surface area contributed by atoms with Gasteiger partial charge >= 0.3 is 6.36 Å². The van der Waals surface area contributed by atoms with E-state index < -0.39 is 12.5 Å². The molecule has 0 saturated heterocycles. The maximum atomic E-state index is 12.0. The third-order valence-electron chi connectivity index (χ3n) is 3.16. The van der Waals surface area contributed by atoms with Crippen molar-refractivity contribution < 1.29 is 27.4 Å². The van der Waals surface area contributed by atoms with E-state index in [0.29, 0.717) is 11.5 Å². The van der Waals surface area contributed by atoms with Crippen LogP contribution in [-0.4, -0.2) is 25.4 Å². The van der Waals surface area contributed by atoms with E-state index >= 15 is 0 Å². The van der Waals surface area contributed by atoms with Crippen LogP contribution in [0.4, 0.5) is 13.2 Å². The molecule has 1 fully saturated rings. The van der Waals surface area contributed by atoms with E-state index in [1.807, 2.05) is 0 Å². The zero-order chi connectivity index (χ0) is 14.8. The highest BCUT2D eigenvalue weighted by Gasteiger charge is 2.36. The Morgan fingerprint density at radius 2 is 1.90 bits per heavy atom. The van der Waals surface area contributed by atoms with E-state index in [1.165, 1.54) is 31.4 Å². The molecule has 20 heavy (non-hydrogen) atoms. The van der Waals surface area contributed by atoms with Crippen molar-refractivity contribution in [2.45, 2.75) is 31.7 Å². The summed E-state index contributed by atoms with van der Waals surface area (Å²) in [5, 5.41) is 0. The van der Waals surface area contributed by atoms with Crippen LogP contribution in [0.2, 0.25) is 0 Å². The first kappa shape index (κ1) is 14.8. The van der Waals surface area contributed by atoms with Crippen LogP contribution in [-0.2, 0) is 16.0 Å². The van der Waals surface area contributed by atoms with Gasteiger partial charge in [-0.25, -0.2) is 0 Å². The number of ketones is 1. The van der Waals surface area contributed by atoms with Crippen molar-refractivity contribution in [1.29, 1.82) is 0 Å². The fourth-order valence-corrected chi connectivity index (χ4v) is 2.10. The molecule has 0 aliphatic heterocycles. The molecule has 1 unspecified atom stereocenters. The van der Waals surface area contributed by atoms with Gasteiger partial charge in [-0.05, 0) is 36.5 Å². The maximum absolute atomic E-state index is 12.0. The van der Waals surface area contributed by atoms with Gasteiger partial charge in [0, 0.05) is 13.5 Å². The molecule has 1 atom stereocenters. The number of Topliss-reactive ketones (excluding diaryl/α,β-unsaturated/α-hetero) is 1. The number of halogens is 3. The largest absolute Gasteiger partial charge is 0.573 e. The Kier molecular flexibility index (Phi) is 4.32. The molecule has 1 aromatic rings. The molecule has 1 aliphatic carbocycles. The van der Waals surface area contributed by atoms with E-state index in [2.05, 4.69) is 4.74 Å². The molecule has 0 amide bonds. The Bertz CT molecular complexity index is 464. The average Bonchev–Trinajstić information content (AvgIpc) is 3.15. The molecule has 0 N–H and O–H groups in total. The minimum absolute atomic E-state index is 0.0421. The first-order chi connectivity index (χ1) is 9.39. The number of hydrogen-bond donors (Lipinski definition) is 0. The number of hydrogen-bond acceptors (Lipinski definition) is 3. The van der Waals surface area contributed by atoms with Crippen LogP contribution in [0, 0.1) is 5.92 Å². The molecule has 2 rings (SSSR count). The first-order valence-electron chi connectivity index (χ1n) is 6.29. The molecule has 3 nitrogen and oxygen atoms in total. The number of benzene rings is 1. The Morgan fingerprint density at radius 1 is 1.30 bits per heavy atom. The summed E-state index contributed by atoms with van der Waals surface area (Å²) in [4.78, 5) is 12.0. The SMILES string of the molecule is COC(C(=O)Cc1ccc(OC(F)(F)F)cc1)C1CC1. The highest BCUT2D eigenvalue weighted by atomic mass is 19.4. The lowest BCUT2D eigenvalue weighted by Gasteiger charge is -2.13. The summed E-state index contributed by atoms with van der Waals surface area (Å²) in [5.41, 5.74) is 0.646. The molecule has 1 aromatic carbocycles. The number of carbonyl (C=O) groups excluding carboxylic acids is 1. The third-order valence-corrected chi connectivity index (χ3v) is 3.16. The number of ether oxygens (including phenoxy) is 2. The molecule has 6 heteroatoms. The fraction of sp³-hybridized carbons (Fsp3) is 0.500. The van der Waals surface area contributed by atoms with E-state index in [0.717, 1.165) is 12.8 Å². The van der Waals surface area contributed by atoms with Crippen molar-refractivity contribution >= 4 is 5.78 Å². The second kappa shape index (κ2) is 5.83. The lowest BCUT2D eigenvalue weighted by Crippen LogP contribution is -2.26.